The number of aromatic nitrogens is 3. The number of nitrogens with zero attached hydrogens (tertiary/aromatic N) is 3. The van der Waals surface area contributed by atoms with E-state index >= 15 is 0 Å². The molecule has 2 aliphatic rings. The standard InChI is InChI=1S/C11H18N4/c1-2-10(3-1)11-7-13-14-15(11)8-9-4-5-12-6-9/h7,9-10,12H,1-6,8H2. The first-order valence-corrected chi connectivity index (χ1v) is 6.02. The van der Waals surface area contributed by atoms with E-state index in [2.05, 4.69) is 20.3 Å². The van der Waals surface area contributed by atoms with Crippen LogP contribution in [0.25, 0.3) is 0 Å². The zero-order chi connectivity index (χ0) is 10.1. The van der Waals surface area contributed by atoms with Crippen molar-refractivity contribution in [3.05, 3.63) is 11.9 Å². The highest BCUT2D eigenvalue weighted by atomic mass is 15.4. The van der Waals surface area contributed by atoms with Crippen molar-refractivity contribution in [2.24, 2.45) is 5.92 Å². The molecule has 1 saturated heterocycles. The van der Waals surface area contributed by atoms with Gasteiger partial charge in [0.1, 0.15) is 0 Å². The molecule has 1 atom stereocenters. The lowest BCUT2D eigenvalue weighted by molar-refractivity contribution is 0.363. The molecule has 0 aromatic carbocycles. The lowest BCUT2D eigenvalue weighted by Gasteiger charge is -2.25. The highest BCUT2D eigenvalue weighted by Crippen LogP contribution is 2.35. The fourth-order valence-electron chi connectivity index (χ4n) is 2.54. The van der Waals surface area contributed by atoms with Crippen LogP contribution in [-0.2, 0) is 6.54 Å². The molecule has 2 fully saturated rings. The Bertz CT molecular complexity index is 323. The Morgan fingerprint density at radius 1 is 1.40 bits per heavy atom. The molecule has 1 N–H and O–H groups in total. The third kappa shape index (κ3) is 1.78. The molecule has 2 heterocycles. The molecule has 1 unspecified atom stereocenters. The third-order valence-corrected chi connectivity index (χ3v) is 3.76. The van der Waals surface area contributed by atoms with Gasteiger partial charge in [0, 0.05) is 12.5 Å². The molecular formula is C11H18N4. The third-order valence-electron chi connectivity index (χ3n) is 3.76. The lowest BCUT2D eigenvalue weighted by atomic mass is 9.83. The zero-order valence-corrected chi connectivity index (χ0v) is 9.02. The van der Waals surface area contributed by atoms with Gasteiger partial charge in [0.2, 0.25) is 0 Å². The van der Waals surface area contributed by atoms with Crippen molar-refractivity contribution in [1.82, 2.24) is 20.3 Å². The van der Waals surface area contributed by atoms with Crippen LogP contribution in [0.4, 0.5) is 0 Å². The normalized spacial score (nSPS) is 26.8. The molecule has 0 amide bonds. The van der Waals surface area contributed by atoms with Gasteiger partial charge in [0.05, 0.1) is 11.9 Å². The second-order valence-electron chi connectivity index (χ2n) is 4.83. The molecule has 0 spiro atoms. The molecule has 82 valence electrons. The van der Waals surface area contributed by atoms with Gasteiger partial charge in [0.15, 0.2) is 0 Å². The summed E-state index contributed by atoms with van der Waals surface area (Å²) in [5.74, 6) is 1.50. The van der Waals surface area contributed by atoms with Gasteiger partial charge in [-0.25, -0.2) is 4.68 Å². The summed E-state index contributed by atoms with van der Waals surface area (Å²) < 4.78 is 2.14. The van der Waals surface area contributed by atoms with Crippen LogP contribution in [-0.4, -0.2) is 28.1 Å². The summed E-state index contributed by atoms with van der Waals surface area (Å²) >= 11 is 0. The maximum atomic E-state index is 4.22. The summed E-state index contributed by atoms with van der Waals surface area (Å²) in [6.07, 6.45) is 7.28. The van der Waals surface area contributed by atoms with Crippen LogP contribution in [0.2, 0.25) is 0 Å². The average molecular weight is 206 g/mol. The molecule has 1 saturated carbocycles. The van der Waals surface area contributed by atoms with E-state index in [0.29, 0.717) is 0 Å². The van der Waals surface area contributed by atoms with Crippen molar-refractivity contribution in [2.45, 2.75) is 38.1 Å². The smallest absolute Gasteiger partial charge is 0.0728 e. The Balaban J connectivity index is 1.70. The summed E-state index contributed by atoms with van der Waals surface area (Å²) in [7, 11) is 0. The van der Waals surface area contributed by atoms with E-state index < -0.39 is 0 Å². The molecule has 1 aromatic rings. The molecule has 3 rings (SSSR count). The highest BCUT2D eigenvalue weighted by Gasteiger charge is 2.25. The second kappa shape index (κ2) is 3.93. The summed E-state index contributed by atoms with van der Waals surface area (Å²) in [6.45, 7) is 3.36. The minimum absolute atomic E-state index is 0.745. The van der Waals surface area contributed by atoms with Crippen molar-refractivity contribution in [3.8, 4) is 0 Å². The molecule has 15 heavy (non-hydrogen) atoms. The summed E-state index contributed by atoms with van der Waals surface area (Å²) in [5, 5.41) is 11.7. The average Bonchev–Trinajstić information content (AvgIpc) is 2.76. The summed E-state index contributed by atoms with van der Waals surface area (Å²) in [6, 6.07) is 0. The Kier molecular flexibility index (Phi) is 2.44. The number of hydrogen-bond donors (Lipinski definition) is 1. The van der Waals surface area contributed by atoms with Gasteiger partial charge in [0.25, 0.3) is 0 Å². The molecule has 4 nitrogen and oxygen atoms in total. The van der Waals surface area contributed by atoms with Crippen LogP contribution >= 0.6 is 0 Å². The maximum Gasteiger partial charge on any atom is 0.0728 e. The van der Waals surface area contributed by atoms with Gasteiger partial charge >= 0.3 is 0 Å². The Labute approximate surface area is 90.0 Å². The van der Waals surface area contributed by atoms with Crippen LogP contribution in [0.3, 0.4) is 0 Å². The predicted molar refractivity (Wildman–Crippen MR) is 57.6 cm³/mol. The van der Waals surface area contributed by atoms with Gasteiger partial charge in [-0.05, 0) is 38.3 Å². The Morgan fingerprint density at radius 3 is 3.00 bits per heavy atom. The van der Waals surface area contributed by atoms with Crippen LogP contribution in [0.15, 0.2) is 6.20 Å². The topological polar surface area (TPSA) is 42.7 Å². The highest BCUT2D eigenvalue weighted by molar-refractivity contribution is 5.07. The summed E-state index contributed by atoms with van der Waals surface area (Å²) in [4.78, 5) is 0. The quantitative estimate of drug-likeness (QED) is 0.807. The molecule has 1 aliphatic heterocycles. The van der Waals surface area contributed by atoms with Crippen molar-refractivity contribution in [2.75, 3.05) is 13.1 Å². The minimum atomic E-state index is 0.745. The fourth-order valence-corrected chi connectivity index (χ4v) is 2.54. The zero-order valence-electron chi connectivity index (χ0n) is 9.02. The molecule has 1 aliphatic carbocycles. The number of nitrogens with one attached hydrogen (secondary N) is 1. The van der Waals surface area contributed by atoms with Gasteiger partial charge in [-0.2, -0.15) is 0 Å². The van der Waals surface area contributed by atoms with Crippen LogP contribution < -0.4 is 5.32 Å². The molecule has 0 bridgehead atoms. The first-order chi connectivity index (χ1) is 7.43. The lowest BCUT2D eigenvalue weighted by Crippen LogP contribution is -2.20. The van der Waals surface area contributed by atoms with E-state index in [4.69, 9.17) is 0 Å². The Hall–Kier alpha value is -0.900. The van der Waals surface area contributed by atoms with Crippen LogP contribution in [0, 0.1) is 5.92 Å². The van der Waals surface area contributed by atoms with Crippen molar-refractivity contribution >= 4 is 0 Å². The maximum absolute atomic E-state index is 4.22. The second-order valence-corrected chi connectivity index (χ2v) is 4.83. The van der Waals surface area contributed by atoms with Gasteiger partial charge < -0.3 is 5.32 Å². The van der Waals surface area contributed by atoms with E-state index in [1.807, 2.05) is 6.20 Å². The summed E-state index contributed by atoms with van der Waals surface area (Å²) in [5.41, 5.74) is 1.37. The van der Waals surface area contributed by atoms with Gasteiger partial charge in [-0.1, -0.05) is 11.6 Å². The monoisotopic (exact) mass is 206 g/mol. The molecule has 1 aromatic heterocycles. The number of rotatable bonds is 3. The molecule has 4 heteroatoms. The van der Waals surface area contributed by atoms with E-state index in [-0.39, 0.29) is 0 Å². The van der Waals surface area contributed by atoms with Gasteiger partial charge in [-0.15, -0.1) is 5.10 Å². The van der Waals surface area contributed by atoms with E-state index in [1.54, 1.807) is 0 Å². The first kappa shape index (κ1) is 9.33. The first-order valence-electron chi connectivity index (χ1n) is 6.02. The Morgan fingerprint density at radius 2 is 2.33 bits per heavy atom. The van der Waals surface area contributed by atoms with Crippen molar-refractivity contribution < 1.29 is 0 Å². The van der Waals surface area contributed by atoms with Crippen LogP contribution in [0.5, 0.6) is 0 Å². The molecule has 0 radical (unpaired) electrons. The van der Waals surface area contributed by atoms with Crippen molar-refractivity contribution in [3.63, 3.8) is 0 Å². The number of hydrogen-bond acceptors (Lipinski definition) is 3. The van der Waals surface area contributed by atoms with E-state index in [0.717, 1.165) is 31.5 Å². The van der Waals surface area contributed by atoms with Crippen molar-refractivity contribution in [1.29, 1.82) is 0 Å². The van der Waals surface area contributed by atoms with Gasteiger partial charge in [-0.3, -0.25) is 0 Å². The fraction of sp³-hybridized carbons (Fsp3) is 0.818. The van der Waals surface area contributed by atoms with Crippen LogP contribution in [0.1, 0.15) is 37.3 Å². The largest absolute Gasteiger partial charge is 0.316 e. The minimum Gasteiger partial charge on any atom is -0.316 e. The molecular weight excluding hydrogens is 188 g/mol. The van der Waals surface area contributed by atoms with E-state index in [9.17, 15) is 0 Å². The predicted octanol–water partition coefficient (Wildman–Crippen LogP) is 1.16. The van der Waals surface area contributed by atoms with E-state index in [1.165, 1.54) is 31.4 Å². The SMILES string of the molecule is c1nnn(CC2CCNC2)c1C1CCC1.